The molecule has 0 aromatic carbocycles. The molecule has 0 saturated carbocycles. The van der Waals surface area contributed by atoms with Crippen LogP contribution >= 0.6 is 11.6 Å². The summed E-state index contributed by atoms with van der Waals surface area (Å²) in [5.74, 6) is 0.261. The molecule has 0 radical (unpaired) electrons. The van der Waals surface area contributed by atoms with Gasteiger partial charge in [-0.2, -0.15) is 9.97 Å². The van der Waals surface area contributed by atoms with Crippen molar-refractivity contribution in [2.24, 2.45) is 0 Å². The summed E-state index contributed by atoms with van der Waals surface area (Å²) >= 11 is 6.16. The lowest BCUT2D eigenvalue weighted by molar-refractivity contribution is -0.242. The summed E-state index contributed by atoms with van der Waals surface area (Å²) in [5.41, 5.74) is 1.48. The highest BCUT2D eigenvalue weighted by molar-refractivity contribution is 6.28. The van der Waals surface area contributed by atoms with Gasteiger partial charge >= 0.3 is 0 Å². The van der Waals surface area contributed by atoms with E-state index in [-0.39, 0.29) is 5.28 Å². The highest BCUT2D eigenvalue weighted by Crippen LogP contribution is 2.32. The molecule has 1 fully saturated rings. The van der Waals surface area contributed by atoms with Crippen molar-refractivity contribution in [2.75, 3.05) is 31.2 Å². The summed E-state index contributed by atoms with van der Waals surface area (Å²) in [4.78, 5) is 15.4. The van der Waals surface area contributed by atoms with Gasteiger partial charge in [0.15, 0.2) is 22.8 Å². The Morgan fingerprint density at radius 3 is 2.52 bits per heavy atom. The second-order valence-electron chi connectivity index (χ2n) is 5.94. The summed E-state index contributed by atoms with van der Waals surface area (Å²) in [5, 5.41) is 0.222. The molecule has 136 valence electrons. The van der Waals surface area contributed by atoms with E-state index in [1.165, 1.54) is 0 Å². The van der Waals surface area contributed by atoms with Gasteiger partial charge in [0.1, 0.15) is 0 Å². The molecule has 2 aromatic heterocycles. The Kier molecular flexibility index (Phi) is 5.56. The summed E-state index contributed by atoms with van der Waals surface area (Å²) in [6.45, 7) is 11.2. The maximum absolute atomic E-state index is 6.16. The zero-order valence-electron chi connectivity index (χ0n) is 14.7. The molecular weight excluding hydrogens is 342 g/mol. The van der Waals surface area contributed by atoms with Gasteiger partial charge in [-0.25, -0.2) is 4.98 Å². The van der Waals surface area contributed by atoms with Crippen molar-refractivity contribution >= 4 is 28.6 Å². The standard InChI is InChI=1S/C17H24ClN5O2/c1-4-9-23-12-19-13-14(20-16(18)21-15(13)23)22-10-7-17(8-11-22,24-5-2)25-6-3/h4,12H,1,5-11H2,2-3H3. The first-order chi connectivity index (χ1) is 12.1. The third kappa shape index (κ3) is 3.63. The van der Waals surface area contributed by atoms with Crippen LogP contribution in [0.1, 0.15) is 26.7 Å². The van der Waals surface area contributed by atoms with E-state index >= 15 is 0 Å². The van der Waals surface area contributed by atoms with E-state index in [0.29, 0.717) is 19.8 Å². The van der Waals surface area contributed by atoms with Crippen LogP contribution in [0.2, 0.25) is 5.28 Å². The minimum Gasteiger partial charge on any atom is -0.354 e. The SMILES string of the molecule is C=CCn1cnc2c(N3CCC(OCC)(OCC)CC3)nc(Cl)nc21. The number of rotatable bonds is 7. The molecule has 0 spiro atoms. The quantitative estimate of drug-likeness (QED) is 0.427. The number of hydrogen-bond donors (Lipinski definition) is 0. The molecular formula is C17H24ClN5O2. The highest BCUT2D eigenvalue weighted by Gasteiger charge is 2.37. The molecule has 0 unspecified atom stereocenters. The van der Waals surface area contributed by atoms with Crippen molar-refractivity contribution in [1.29, 1.82) is 0 Å². The van der Waals surface area contributed by atoms with Gasteiger partial charge in [0, 0.05) is 45.7 Å². The van der Waals surface area contributed by atoms with Crippen LogP contribution in [0.25, 0.3) is 11.2 Å². The Morgan fingerprint density at radius 1 is 1.24 bits per heavy atom. The van der Waals surface area contributed by atoms with Crippen molar-refractivity contribution in [2.45, 2.75) is 39.0 Å². The molecule has 0 bridgehead atoms. The van der Waals surface area contributed by atoms with Gasteiger partial charge in [-0.05, 0) is 25.4 Å². The normalized spacial score (nSPS) is 17.2. The molecule has 0 N–H and O–H groups in total. The van der Waals surface area contributed by atoms with Gasteiger partial charge in [-0.3, -0.25) is 0 Å². The van der Waals surface area contributed by atoms with Crippen LogP contribution < -0.4 is 4.90 Å². The lowest BCUT2D eigenvalue weighted by Crippen LogP contribution is -2.48. The first-order valence-electron chi connectivity index (χ1n) is 8.64. The van der Waals surface area contributed by atoms with E-state index < -0.39 is 5.79 Å². The average Bonchev–Trinajstić information content (AvgIpc) is 2.99. The second-order valence-corrected chi connectivity index (χ2v) is 6.28. The van der Waals surface area contributed by atoms with Crippen molar-refractivity contribution in [3.63, 3.8) is 0 Å². The maximum atomic E-state index is 6.16. The van der Waals surface area contributed by atoms with Crippen LogP contribution in [0, 0.1) is 0 Å². The number of halogens is 1. The van der Waals surface area contributed by atoms with Crippen LogP contribution in [-0.2, 0) is 16.0 Å². The van der Waals surface area contributed by atoms with Gasteiger partial charge in [-0.1, -0.05) is 6.08 Å². The number of allylic oxidation sites excluding steroid dienone is 1. The molecule has 3 heterocycles. The number of nitrogens with zero attached hydrogens (tertiary/aromatic N) is 5. The molecule has 7 nitrogen and oxygen atoms in total. The number of aromatic nitrogens is 4. The molecule has 0 amide bonds. The Hall–Kier alpha value is -1.70. The van der Waals surface area contributed by atoms with Crippen LogP contribution in [0.15, 0.2) is 19.0 Å². The number of ether oxygens (including phenoxy) is 2. The Labute approximate surface area is 152 Å². The molecule has 25 heavy (non-hydrogen) atoms. The average molecular weight is 366 g/mol. The first kappa shape index (κ1) is 18.1. The van der Waals surface area contributed by atoms with Crippen LogP contribution in [0.5, 0.6) is 0 Å². The Morgan fingerprint density at radius 2 is 1.92 bits per heavy atom. The van der Waals surface area contributed by atoms with Crippen LogP contribution in [-0.4, -0.2) is 51.6 Å². The fourth-order valence-corrected chi connectivity index (χ4v) is 3.47. The van der Waals surface area contributed by atoms with Gasteiger partial charge in [0.25, 0.3) is 0 Å². The van der Waals surface area contributed by atoms with E-state index in [1.54, 1.807) is 12.4 Å². The van der Waals surface area contributed by atoms with Gasteiger partial charge in [0.2, 0.25) is 5.28 Å². The summed E-state index contributed by atoms with van der Waals surface area (Å²) in [7, 11) is 0. The van der Waals surface area contributed by atoms with Crippen molar-refractivity contribution in [1.82, 2.24) is 19.5 Å². The largest absolute Gasteiger partial charge is 0.354 e. The molecule has 1 saturated heterocycles. The third-order valence-electron chi connectivity index (χ3n) is 4.38. The molecule has 8 heteroatoms. The van der Waals surface area contributed by atoms with Crippen LogP contribution in [0.3, 0.4) is 0 Å². The summed E-state index contributed by atoms with van der Waals surface area (Å²) < 4.78 is 13.7. The highest BCUT2D eigenvalue weighted by atomic mass is 35.5. The minimum atomic E-state index is -0.502. The van der Waals surface area contributed by atoms with E-state index in [4.69, 9.17) is 21.1 Å². The van der Waals surface area contributed by atoms with Gasteiger partial charge in [0.05, 0.1) is 6.33 Å². The molecule has 2 aromatic rings. The molecule has 1 aliphatic heterocycles. The minimum absolute atomic E-state index is 0.222. The van der Waals surface area contributed by atoms with E-state index in [2.05, 4.69) is 26.4 Å². The fraction of sp³-hybridized carbons (Fsp3) is 0.588. The molecule has 1 aliphatic rings. The number of hydrogen-bond acceptors (Lipinski definition) is 6. The lowest BCUT2D eigenvalue weighted by Gasteiger charge is -2.41. The van der Waals surface area contributed by atoms with E-state index in [1.807, 2.05) is 18.4 Å². The van der Waals surface area contributed by atoms with Crippen molar-refractivity contribution in [3.8, 4) is 0 Å². The molecule has 0 aliphatic carbocycles. The second kappa shape index (κ2) is 7.68. The first-order valence-corrected chi connectivity index (χ1v) is 9.02. The smallest absolute Gasteiger partial charge is 0.226 e. The Bertz CT molecular complexity index is 732. The van der Waals surface area contributed by atoms with Crippen molar-refractivity contribution < 1.29 is 9.47 Å². The molecule has 3 rings (SSSR count). The Balaban J connectivity index is 1.87. The monoisotopic (exact) mass is 365 g/mol. The van der Waals surface area contributed by atoms with E-state index in [9.17, 15) is 0 Å². The predicted molar refractivity (Wildman–Crippen MR) is 98.0 cm³/mol. The predicted octanol–water partition coefficient (Wildman–Crippen LogP) is 3.04. The zero-order valence-corrected chi connectivity index (χ0v) is 15.5. The number of fused-ring (bicyclic) bond motifs is 1. The third-order valence-corrected chi connectivity index (χ3v) is 4.55. The van der Waals surface area contributed by atoms with Gasteiger partial charge in [-0.15, -0.1) is 6.58 Å². The maximum Gasteiger partial charge on any atom is 0.226 e. The molecule has 0 atom stereocenters. The van der Waals surface area contributed by atoms with E-state index in [0.717, 1.165) is 42.9 Å². The number of piperidine rings is 1. The van der Waals surface area contributed by atoms with Crippen LogP contribution in [0.4, 0.5) is 5.82 Å². The fourth-order valence-electron chi connectivity index (χ4n) is 3.31. The van der Waals surface area contributed by atoms with Crippen molar-refractivity contribution in [3.05, 3.63) is 24.3 Å². The van der Waals surface area contributed by atoms with Gasteiger partial charge < -0.3 is 18.9 Å². The number of anilines is 1. The summed E-state index contributed by atoms with van der Waals surface area (Å²) in [6.07, 6.45) is 5.09. The lowest BCUT2D eigenvalue weighted by atomic mass is 10.0. The summed E-state index contributed by atoms with van der Waals surface area (Å²) in [6, 6.07) is 0. The zero-order chi connectivity index (χ0) is 17.9. The topological polar surface area (TPSA) is 65.3 Å². The number of imidazole rings is 1.